The van der Waals surface area contributed by atoms with Gasteiger partial charge in [0.2, 0.25) is 0 Å². The highest BCUT2D eigenvalue weighted by molar-refractivity contribution is 7.21. The lowest BCUT2D eigenvalue weighted by Gasteiger charge is -2.11. The number of hydrogen-bond donors (Lipinski definition) is 0. The van der Waals surface area contributed by atoms with Gasteiger partial charge in [0.15, 0.2) is 17.5 Å². The summed E-state index contributed by atoms with van der Waals surface area (Å²) in [6, 6.07) is 52.9. The van der Waals surface area contributed by atoms with Crippen molar-refractivity contribution in [3.63, 3.8) is 0 Å². The number of thiazole rings is 1. The SMILES string of the molecule is N#Cc1cc(-c2cccc(-c3nc4ccccc4s3)c2)ccc1-c1cccc(-c2nc(-c3ccccc3)nc(-c3ccccc3)n2)c1. The van der Waals surface area contributed by atoms with E-state index in [1.54, 1.807) is 11.3 Å². The minimum absolute atomic E-state index is 0.571. The smallest absolute Gasteiger partial charge is 0.164 e. The zero-order valence-corrected chi connectivity index (χ0v) is 25.9. The molecule has 0 amide bonds. The number of benzene rings is 6. The minimum atomic E-state index is 0.571. The molecular weight excluding hydrogens is 595 g/mol. The molecule has 0 aliphatic carbocycles. The molecule has 8 rings (SSSR count). The predicted octanol–water partition coefficient (Wildman–Crippen LogP) is 10.4. The van der Waals surface area contributed by atoms with E-state index in [0.29, 0.717) is 23.0 Å². The highest BCUT2D eigenvalue weighted by Gasteiger charge is 2.15. The maximum absolute atomic E-state index is 10.3. The lowest BCUT2D eigenvalue weighted by Crippen LogP contribution is -2.00. The van der Waals surface area contributed by atoms with Gasteiger partial charge < -0.3 is 0 Å². The van der Waals surface area contributed by atoms with Gasteiger partial charge in [0.1, 0.15) is 5.01 Å². The Balaban J connectivity index is 1.16. The van der Waals surface area contributed by atoms with Gasteiger partial charge in [0.25, 0.3) is 0 Å². The Morgan fingerprint density at radius 2 is 0.957 bits per heavy atom. The van der Waals surface area contributed by atoms with Gasteiger partial charge in [0.05, 0.1) is 21.8 Å². The molecule has 0 radical (unpaired) electrons. The van der Waals surface area contributed by atoms with E-state index in [2.05, 4.69) is 36.4 Å². The van der Waals surface area contributed by atoms with E-state index in [4.69, 9.17) is 19.9 Å². The zero-order chi connectivity index (χ0) is 31.6. The summed E-state index contributed by atoms with van der Waals surface area (Å²) in [6.07, 6.45) is 0. The average Bonchev–Trinajstić information content (AvgIpc) is 3.60. The summed E-state index contributed by atoms with van der Waals surface area (Å²) in [4.78, 5) is 19.4. The fourth-order valence-electron chi connectivity index (χ4n) is 5.66. The molecule has 6 aromatic carbocycles. The van der Waals surface area contributed by atoms with E-state index in [9.17, 15) is 5.26 Å². The van der Waals surface area contributed by atoms with Crippen molar-refractivity contribution in [2.24, 2.45) is 0 Å². The lowest BCUT2D eigenvalue weighted by molar-refractivity contribution is 1.07. The van der Waals surface area contributed by atoms with Crippen LogP contribution in [0.25, 0.3) is 77.2 Å². The monoisotopic (exact) mass is 619 g/mol. The number of para-hydroxylation sites is 1. The Bertz CT molecular complexity index is 2340. The molecule has 8 aromatic rings. The second kappa shape index (κ2) is 12.2. The highest BCUT2D eigenvalue weighted by atomic mass is 32.1. The van der Waals surface area contributed by atoms with Gasteiger partial charge >= 0.3 is 0 Å². The Hall–Kier alpha value is -6.29. The molecule has 2 heterocycles. The molecule has 0 saturated heterocycles. The standard InChI is InChI=1S/C41H25N5S/c42-26-34-24-30(29-15-9-18-33(23-29)41-43-36-19-7-8-20-37(36)47-41)21-22-35(34)31-16-10-17-32(25-31)40-45-38(27-11-3-1-4-12-27)44-39(46-40)28-13-5-2-6-14-28/h1-25H. The predicted molar refractivity (Wildman–Crippen MR) is 190 cm³/mol. The molecule has 2 aromatic heterocycles. The van der Waals surface area contributed by atoms with Crippen LogP contribution in [-0.2, 0) is 0 Å². The first-order valence-corrected chi connectivity index (χ1v) is 16.0. The van der Waals surface area contributed by atoms with Crippen LogP contribution in [0.3, 0.4) is 0 Å². The molecule has 5 nitrogen and oxygen atoms in total. The number of nitriles is 1. The van der Waals surface area contributed by atoms with Crippen LogP contribution in [0, 0.1) is 11.3 Å². The van der Waals surface area contributed by atoms with Gasteiger partial charge in [-0.05, 0) is 52.6 Å². The van der Waals surface area contributed by atoms with Gasteiger partial charge in [-0.25, -0.2) is 19.9 Å². The van der Waals surface area contributed by atoms with Gasteiger partial charge in [0, 0.05) is 22.3 Å². The van der Waals surface area contributed by atoms with E-state index >= 15 is 0 Å². The molecule has 0 unspecified atom stereocenters. The van der Waals surface area contributed by atoms with Crippen LogP contribution < -0.4 is 0 Å². The fourth-order valence-corrected chi connectivity index (χ4v) is 6.62. The molecular formula is C41H25N5S. The molecule has 6 heteroatoms. The Morgan fingerprint density at radius 1 is 0.426 bits per heavy atom. The van der Waals surface area contributed by atoms with E-state index in [-0.39, 0.29) is 0 Å². The second-order valence-electron chi connectivity index (χ2n) is 11.1. The van der Waals surface area contributed by atoms with E-state index in [1.807, 2.05) is 121 Å². The third-order valence-electron chi connectivity index (χ3n) is 8.01. The Morgan fingerprint density at radius 3 is 1.64 bits per heavy atom. The van der Waals surface area contributed by atoms with Crippen molar-refractivity contribution in [1.82, 2.24) is 19.9 Å². The van der Waals surface area contributed by atoms with Crippen LogP contribution in [0.1, 0.15) is 5.56 Å². The van der Waals surface area contributed by atoms with Crippen LogP contribution in [0.4, 0.5) is 0 Å². The minimum Gasteiger partial charge on any atom is -0.236 e. The molecule has 220 valence electrons. The van der Waals surface area contributed by atoms with Crippen molar-refractivity contribution < 1.29 is 0 Å². The van der Waals surface area contributed by atoms with Crippen LogP contribution in [0.2, 0.25) is 0 Å². The molecule has 0 bridgehead atoms. The first-order chi connectivity index (χ1) is 23.2. The van der Waals surface area contributed by atoms with E-state index < -0.39 is 0 Å². The summed E-state index contributed by atoms with van der Waals surface area (Å²) in [5.41, 5.74) is 9.09. The van der Waals surface area contributed by atoms with Crippen LogP contribution in [-0.4, -0.2) is 19.9 Å². The van der Waals surface area contributed by atoms with Crippen molar-refractivity contribution in [2.75, 3.05) is 0 Å². The Labute approximate surface area is 276 Å². The molecule has 0 aliphatic rings. The van der Waals surface area contributed by atoms with Crippen molar-refractivity contribution in [3.8, 4) is 73.1 Å². The van der Waals surface area contributed by atoms with Crippen molar-refractivity contribution in [2.45, 2.75) is 0 Å². The summed E-state index contributed by atoms with van der Waals surface area (Å²) >= 11 is 1.68. The Kier molecular flexibility index (Phi) is 7.35. The summed E-state index contributed by atoms with van der Waals surface area (Å²) in [5.74, 6) is 1.78. The summed E-state index contributed by atoms with van der Waals surface area (Å²) in [6.45, 7) is 0. The van der Waals surface area contributed by atoms with Crippen LogP contribution in [0.15, 0.2) is 152 Å². The zero-order valence-electron chi connectivity index (χ0n) is 25.1. The normalized spacial score (nSPS) is 11.0. The molecule has 0 N–H and O–H groups in total. The van der Waals surface area contributed by atoms with E-state index in [0.717, 1.165) is 59.7 Å². The molecule has 0 spiro atoms. The number of aromatic nitrogens is 4. The molecule has 0 saturated carbocycles. The maximum atomic E-state index is 10.3. The lowest BCUT2D eigenvalue weighted by atomic mass is 9.94. The number of fused-ring (bicyclic) bond motifs is 1. The second-order valence-corrected chi connectivity index (χ2v) is 12.1. The average molecular weight is 620 g/mol. The number of rotatable bonds is 6. The molecule has 0 aliphatic heterocycles. The van der Waals surface area contributed by atoms with Gasteiger partial charge in [-0.15, -0.1) is 11.3 Å². The van der Waals surface area contributed by atoms with E-state index in [1.165, 1.54) is 0 Å². The first-order valence-electron chi connectivity index (χ1n) is 15.2. The molecule has 0 fully saturated rings. The van der Waals surface area contributed by atoms with Gasteiger partial charge in [-0.1, -0.05) is 121 Å². The van der Waals surface area contributed by atoms with Crippen molar-refractivity contribution in [3.05, 3.63) is 157 Å². The summed E-state index contributed by atoms with van der Waals surface area (Å²) in [7, 11) is 0. The van der Waals surface area contributed by atoms with Crippen LogP contribution >= 0.6 is 11.3 Å². The fraction of sp³-hybridized carbons (Fsp3) is 0. The van der Waals surface area contributed by atoms with Crippen molar-refractivity contribution >= 4 is 21.6 Å². The largest absolute Gasteiger partial charge is 0.236 e. The van der Waals surface area contributed by atoms with Crippen LogP contribution in [0.5, 0.6) is 0 Å². The third kappa shape index (κ3) is 5.68. The number of nitrogens with zero attached hydrogens (tertiary/aromatic N) is 5. The first kappa shape index (κ1) is 28.2. The van der Waals surface area contributed by atoms with Gasteiger partial charge in [-0.2, -0.15) is 5.26 Å². The summed E-state index contributed by atoms with van der Waals surface area (Å²) < 4.78 is 1.16. The molecule has 47 heavy (non-hydrogen) atoms. The molecule has 0 atom stereocenters. The topological polar surface area (TPSA) is 75.3 Å². The number of hydrogen-bond acceptors (Lipinski definition) is 6. The third-order valence-corrected chi connectivity index (χ3v) is 9.09. The summed E-state index contributed by atoms with van der Waals surface area (Å²) in [5, 5.41) is 11.3. The quantitative estimate of drug-likeness (QED) is 0.185. The maximum Gasteiger partial charge on any atom is 0.164 e. The highest BCUT2D eigenvalue weighted by Crippen LogP contribution is 2.35. The van der Waals surface area contributed by atoms with Crippen molar-refractivity contribution in [1.29, 1.82) is 5.26 Å². The van der Waals surface area contributed by atoms with Gasteiger partial charge in [-0.3, -0.25) is 0 Å².